The number of hydrogen-bond donors (Lipinski definition) is 0. The van der Waals surface area contributed by atoms with E-state index in [0.717, 1.165) is 22.7 Å². The minimum Gasteiger partial charge on any atom is -0.310 e. The minimum absolute atomic E-state index is 0.113. The molecule has 16 aromatic rings. The molecule has 3 aliphatic carbocycles. The van der Waals surface area contributed by atoms with Gasteiger partial charge >= 0.3 is 0 Å². The zero-order chi connectivity index (χ0) is 74.1. The molecule has 0 atom stereocenters. The summed E-state index contributed by atoms with van der Waals surface area (Å²) in [5, 5.41) is 0. The van der Waals surface area contributed by atoms with Gasteiger partial charge in [-0.1, -0.05) is 345 Å². The molecule has 0 N–H and O–H groups in total. The molecule has 0 saturated heterocycles. The summed E-state index contributed by atoms with van der Waals surface area (Å²) < 4.78 is 0. The number of nitrogens with zero attached hydrogens (tertiary/aromatic N) is 2. The van der Waals surface area contributed by atoms with E-state index in [1.807, 2.05) is 0 Å². The Kier molecular flexibility index (Phi) is 17.1. The minimum atomic E-state index is -0.123. The topological polar surface area (TPSA) is 6.48 Å². The highest BCUT2D eigenvalue weighted by molar-refractivity contribution is 5.98. The van der Waals surface area contributed by atoms with Gasteiger partial charge in [0.15, 0.2) is 0 Å². The lowest BCUT2D eigenvalue weighted by Crippen LogP contribution is -2.18. The van der Waals surface area contributed by atoms with Crippen LogP contribution in [0.15, 0.2) is 376 Å². The van der Waals surface area contributed by atoms with Crippen molar-refractivity contribution in [1.82, 2.24) is 0 Å². The maximum absolute atomic E-state index is 2.54. The van der Waals surface area contributed by atoms with Gasteiger partial charge < -0.3 is 9.80 Å². The highest BCUT2D eigenvalue weighted by Gasteiger charge is 2.40. The molecule has 0 bridgehead atoms. The summed E-state index contributed by atoms with van der Waals surface area (Å²) in [7, 11) is 0. The fourth-order valence-corrected chi connectivity index (χ4v) is 17.9. The van der Waals surface area contributed by atoms with Crippen LogP contribution < -0.4 is 9.80 Å². The van der Waals surface area contributed by atoms with Crippen LogP contribution in [-0.2, 0) is 16.2 Å². The van der Waals surface area contributed by atoms with Crippen LogP contribution in [0.5, 0.6) is 0 Å². The number of benzene rings is 16. The zero-order valence-corrected chi connectivity index (χ0v) is 63.2. The molecule has 2 heteroatoms. The lowest BCUT2D eigenvalue weighted by molar-refractivity contribution is 0.660. The van der Waals surface area contributed by atoms with Crippen LogP contribution in [0.25, 0.3) is 111 Å². The molecule has 0 fully saturated rings. The molecule has 0 radical (unpaired) electrons. The second kappa shape index (κ2) is 27.5. The van der Waals surface area contributed by atoms with Crippen molar-refractivity contribution in [2.75, 3.05) is 9.80 Å². The maximum Gasteiger partial charge on any atom is 0.0569 e. The van der Waals surface area contributed by atoms with Crippen molar-refractivity contribution >= 4 is 34.1 Å². The molecule has 3 aliphatic rings. The quantitative estimate of drug-likeness (QED) is 0.114. The number of aryl methyl sites for hydroxylation is 2. The molecular formula is C107H86N2. The molecule has 0 aromatic heterocycles. The Morgan fingerprint density at radius 3 is 0.688 bits per heavy atom. The van der Waals surface area contributed by atoms with Crippen LogP contribution in [-0.4, -0.2) is 0 Å². The average molecular weight is 1400 g/mol. The van der Waals surface area contributed by atoms with Gasteiger partial charge in [0.05, 0.1) is 11.4 Å². The lowest BCUT2D eigenvalue weighted by atomic mass is 9.82. The molecule has 0 aliphatic heterocycles. The van der Waals surface area contributed by atoms with Crippen molar-refractivity contribution in [1.29, 1.82) is 0 Å². The van der Waals surface area contributed by atoms with E-state index in [1.165, 1.54) is 167 Å². The molecule has 0 amide bonds. The van der Waals surface area contributed by atoms with Gasteiger partial charge in [0, 0.05) is 50.1 Å². The van der Waals surface area contributed by atoms with Gasteiger partial charge in [-0.15, -0.1) is 0 Å². The Balaban J connectivity index is 0.000000154. The molecule has 524 valence electrons. The Morgan fingerprint density at radius 2 is 0.385 bits per heavy atom. The van der Waals surface area contributed by atoms with E-state index in [4.69, 9.17) is 0 Å². The van der Waals surface area contributed by atoms with Crippen LogP contribution in [0.2, 0.25) is 0 Å². The Hall–Kier alpha value is -12.9. The van der Waals surface area contributed by atoms with Crippen molar-refractivity contribution in [2.24, 2.45) is 0 Å². The van der Waals surface area contributed by atoms with E-state index in [9.17, 15) is 0 Å². The van der Waals surface area contributed by atoms with Gasteiger partial charge in [-0.3, -0.25) is 0 Å². The molecule has 2 nitrogen and oxygen atoms in total. The molecule has 109 heavy (non-hydrogen) atoms. The summed E-state index contributed by atoms with van der Waals surface area (Å²) in [4.78, 5) is 5.02. The van der Waals surface area contributed by atoms with E-state index in [2.05, 4.69) is 441 Å². The van der Waals surface area contributed by atoms with Crippen molar-refractivity contribution in [3.05, 3.63) is 421 Å². The average Bonchev–Trinajstić information content (AvgIpc) is 1.61. The van der Waals surface area contributed by atoms with Crippen molar-refractivity contribution < 1.29 is 0 Å². The van der Waals surface area contributed by atoms with Gasteiger partial charge in [0.2, 0.25) is 0 Å². The van der Waals surface area contributed by atoms with Crippen LogP contribution in [0.1, 0.15) is 86.1 Å². The summed E-state index contributed by atoms with van der Waals surface area (Å²) in [6.07, 6.45) is 0. The third-order valence-electron chi connectivity index (χ3n) is 23.6. The smallest absolute Gasteiger partial charge is 0.0569 e. The predicted molar refractivity (Wildman–Crippen MR) is 462 cm³/mol. The molecule has 19 rings (SSSR count). The molecule has 16 aromatic carbocycles. The van der Waals surface area contributed by atoms with E-state index in [-0.39, 0.29) is 16.2 Å². The molecule has 0 heterocycles. The maximum atomic E-state index is 2.54. The van der Waals surface area contributed by atoms with Gasteiger partial charge in [-0.2, -0.15) is 0 Å². The summed E-state index contributed by atoms with van der Waals surface area (Å²) in [5.41, 5.74) is 42.2. The van der Waals surface area contributed by atoms with E-state index >= 15 is 0 Å². The van der Waals surface area contributed by atoms with E-state index in [1.54, 1.807) is 0 Å². The summed E-state index contributed by atoms with van der Waals surface area (Å²) in [6.45, 7) is 18.8. The third kappa shape index (κ3) is 12.1. The first-order chi connectivity index (χ1) is 53.1. The fraction of sp³-hybridized carbons (Fsp3) is 0.103. The number of rotatable bonds is 13. The number of hydrogen-bond acceptors (Lipinski definition) is 2. The second-order valence-electron chi connectivity index (χ2n) is 31.3. The van der Waals surface area contributed by atoms with Crippen molar-refractivity contribution in [3.63, 3.8) is 0 Å². The largest absolute Gasteiger partial charge is 0.310 e. The summed E-state index contributed by atoms with van der Waals surface area (Å²) >= 11 is 0. The van der Waals surface area contributed by atoms with Crippen LogP contribution in [0.4, 0.5) is 34.1 Å². The van der Waals surface area contributed by atoms with Crippen molar-refractivity contribution in [2.45, 2.75) is 71.6 Å². The first-order valence-electron chi connectivity index (χ1n) is 38.4. The number of fused-ring (bicyclic) bond motifs is 9. The molecule has 0 unspecified atom stereocenters. The molecule has 0 spiro atoms. The standard InChI is InChI=1S/C55H45N.C52H41N/c1-36-32-41(39-26-24-38(25-27-39)37-16-8-6-9-17-37)33-48(40-18-10-7-11-19-40)53(36)56(42-28-30-46-44-20-12-14-22-49(44)54(2,3)51(46)34-42)43-29-31-47-45-21-13-15-23-50(45)55(4,5)52(47)35-43;1-36-33-43(41-25-23-39(24-26-41)37-15-7-4-8-16-37)34-48(42-19-11-6-12-20-42)51(36)53(44-29-27-40(28-30-44)38-17-9-5-10-18-38)45-31-32-47-46-21-13-14-22-49(46)52(2,3)50(47)35-45/h6-35H,1-5H3;4-35H,1-3H3. The predicted octanol–water partition coefficient (Wildman–Crippen LogP) is 29.5. The number of anilines is 6. The van der Waals surface area contributed by atoms with Gasteiger partial charge in [0.1, 0.15) is 0 Å². The Bertz CT molecular complexity index is 5980. The van der Waals surface area contributed by atoms with E-state index < -0.39 is 0 Å². The fourth-order valence-electron chi connectivity index (χ4n) is 17.9. The Labute approximate surface area is 643 Å². The van der Waals surface area contributed by atoms with Crippen LogP contribution >= 0.6 is 0 Å². The zero-order valence-electron chi connectivity index (χ0n) is 63.2. The summed E-state index contributed by atoms with van der Waals surface area (Å²) in [5.74, 6) is 0. The first-order valence-corrected chi connectivity index (χ1v) is 38.4. The monoisotopic (exact) mass is 1400 g/mol. The Morgan fingerprint density at radius 1 is 0.165 bits per heavy atom. The van der Waals surface area contributed by atoms with E-state index in [0.29, 0.717) is 0 Å². The summed E-state index contributed by atoms with van der Waals surface area (Å²) in [6, 6.07) is 138. The highest BCUT2D eigenvalue weighted by atomic mass is 15.2. The van der Waals surface area contributed by atoms with Crippen LogP contribution in [0, 0.1) is 13.8 Å². The third-order valence-corrected chi connectivity index (χ3v) is 23.6. The molecular weight excluding hydrogens is 1310 g/mol. The lowest BCUT2D eigenvalue weighted by Gasteiger charge is -2.32. The normalized spacial score (nSPS) is 13.4. The molecule has 0 saturated carbocycles. The van der Waals surface area contributed by atoms with Gasteiger partial charge in [-0.25, -0.2) is 0 Å². The van der Waals surface area contributed by atoms with Crippen LogP contribution in [0.3, 0.4) is 0 Å². The SMILES string of the molecule is Cc1cc(-c2ccc(-c3ccccc3)cc2)cc(-c2ccccc2)c1N(c1ccc(-c2ccccc2)cc1)c1ccc2c(c1)C(C)(C)c1ccccc1-2.Cc1cc(-c2ccc(-c3ccccc3)cc2)cc(-c2ccccc2)c1N(c1ccc2c(c1)C(C)(C)c1ccccc1-2)c1ccc2c(c1)C(C)(C)c1ccccc1-2. The van der Waals surface area contributed by atoms with Gasteiger partial charge in [-0.05, 0) is 231 Å². The van der Waals surface area contributed by atoms with Gasteiger partial charge in [0.25, 0.3) is 0 Å². The van der Waals surface area contributed by atoms with Crippen molar-refractivity contribution in [3.8, 4) is 111 Å². The second-order valence-corrected chi connectivity index (χ2v) is 31.3. The first kappa shape index (κ1) is 68.0. The highest BCUT2D eigenvalue weighted by Crippen LogP contribution is 2.57.